The summed E-state index contributed by atoms with van der Waals surface area (Å²) in [6.45, 7) is 2.71. The first-order valence-corrected chi connectivity index (χ1v) is 9.78. The van der Waals surface area contributed by atoms with Gasteiger partial charge in [-0.15, -0.1) is 0 Å². The van der Waals surface area contributed by atoms with E-state index in [0.717, 1.165) is 24.8 Å². The molecule has 2 amide bonds. The molecule has 1 aliphatic carbocycles. The fraction of sp³-hybridized carbons (Fsp3) is 0.619. The molecule has 1 aliphatic heterocycles. The molecule has 1 saturated carbocycles. The summed E-state index contributed by atoms with van der Waals surface area (Å²) < 4.78 is 5.50. The largest absolute Gasteiger partial charge is 0.445 e. The maximum Gasteiger partial charge on any atom is 0.410 e. The van der Waals surface area contributed by atoms with Gasteiger partial charge >= 0.3 is 6.09 Å². The van der Waals surface area contributed by atoms with Gasteiger partial charge in [0, 0.05) is 19.6 Å². The number of carbonyl (C=O) groups excluding carboxylic acids is 2. The third-order valence-corrected chi connectivity index (χ3v) is 5.97. The zero-order valence-corrected chi connectivity index (χ0v) is 15.9. The summed E-state index contributed by atoms with van der Waals surface area (Å²) in [5, 5.41) is 0. The third-order valence-electron chi connectivity index (χ3n) is 5.97. The van der Waals surface area contributed by atoms with Crippen molar-refractivity contribution in [3.05, 3.63) is 35.9 Å². The molecule has 0 N–H and O–H groups in total. The number of likely N-dealkylation sites (tertiary alicyclic amines) is 1. The molecule has 0 spiro atoms. The van der Waals surface area contributed by atoms with Gasteiger partial charge in [0.15, 0.2) is 0 Å². The van der Waals surface area contributed by atoms with Crippen LogP contribution in [0.4, 0.5) is 4.79 Å². The number of likely N-dealkylation sites (N-methyl/N-ethyl adjacent to an activating group) is 1. The number of ether oxygens (including phenoxy) is 1. The summed E-state index contributed by atoms with van der Waals surface area (Å²) in [4.78, 5) is 29.4. The normalized spacial score (nSPS) is 23.7. The van der Waals surface area contributed by atoms with Crippen molar-refractivity contribution in [3.8, 4) is 0 Å². The fourth-order valence-electron chi connectivity index (χ4n) is 4.29. The molecule has 2 aliphatic rings. The zero-order valence-electron chi connectivity index (χ0n) is 15.9. The van der Waals surface area contributed by atoms with E-state index < -0.39 is 5.54 Å². The van der Waals surface area contributed by atoms with Gasteiger partial charge in [0.2, 0.25) is 5.91 Å². The first-order valence-electron chi connectivity index (χ1n) is 9.78. The minimum absolute atomic E-state index is 0.0542. The number of rotatable bonds is 4. The van der Waals surface area contributed by atoms with Crippen LogP contribution in [0.2, 0.25) is 0 Å². The van der Waals surface area contributed by atoms with E-state index in [1.807, 2.05) is 49.2 Å². The first kappa shape index (κ1) is 18.7. The maximum absolute atomic E-state index is 13.2. The second-order valence-electron chi connectivity index (χ2n) is 7.78. The average molecular weight is 358 g/mol. The number of nitrogens with zero attached hydrogens (tertiary/aromatic N) is 2. The van der Waals surface area contributed by atoms with Gasteiger partial charge in [-0.25, -0.2) is 4.79 Å². The highest BCUT2D eigenvalue weighted by Crippen LogP contribution is 2.33. The lowest BCUT2D eigenvalue weighted by Crippen LogP contribution is -2.57. The van der Waals surface area contributed by atoms with Crippen molar-refractivity contribution in [2.75, 3.05) is 13.6 Å². The Morgan fingerprint density at radius 2 is 1.85 bits per heavy atom. The Bertz CT molecular complexity index is 627. The molecule has 1 aromatic carbocycles. The standard InChI is InChI=1S/C21H30N2O3/c1-21(19(24)22(2)18-12-7-4-8-13-18)14-9-15-23(21)20(25)26-16-17-10-5-3-6-11-17/h3,5-6,10-11,18H,4,7-9,12-16H2,1-2H3. The highest BCUT2D eigenvalue weighted by Gasteiger charge is 2.48. The molecule has 0 radical (unpaired) electrons. The van der Waals surface area contributed by atoms with Crippen LogP contribution in [0.25, 0.3) is 0 Å². The van der Waals surface area contributed by atoms with E-state index in [0.29, 0.717) is 19.0 Å². The molecule has 0 bridgehead atoms. The van der Waals surface area contributed by atoms with Crippen LogP contribution in [0, 0.1) is 0 Å². The van der Waals surface area contributed by atoms with Crippen molar-refractivity contribution in [2.24, 2.45) is 0 Å². The van der Waals surface area contributed by atoms with Crippen molar-refractivity contribution < 1.29 is 14.3 Å². The van der Waals surface area contributed by atoms with Crippen LogP contribution in [0.3, 0.4) is 0 Å². The summed E-state index contributed by atoms with van der Waals surface area (Å²) in [5.41, 5.74) is 0.160. The number of hydrogen-bond acceptors (Lipinski definition) is 3. The lowest BCUT2D eigenvalue weighted by molar-refractivity contribution is -0.142. The van der Waals surface area contributed by atoms with Gasteiger partial charge < -0.3 is 9.64 Å². The molecular weight excluding hydrogens is 328 g/mol. The average Bonchev–Trinajstić information content (AvgIpc) is 3.09. The Kier molecular flexibility index (Phi) is 5.84. The molecule has 5 nitrogen and oxygen atoms in total. The van der Waals surface area contributed by atoms with Crippen molar-refractivity contribution in [2.45, 2.75) is 70.1 Å². The monoisotopic (exact) mass is 358 g/mol. The van der Waals surface area contributed by atoms with Crippen molar-refractivity contribution in [1.29, 1.82) is 0 Å². The van der Waals surface area contributed by atoms with E-state index in [2.05, 4.69) is 0 Å². The van der Waals surface area contributed by atoms with Crippen molar-refractivity contribution >= 4 is 12.0 Å². The van der Waals surface area contributed by atoms with Crippen LogP contribution >= 0.6 is 0 Å². The predicted octanol–water partition coefficient (Wildman–Crippen LogP) is 3.97. The highest BCUT2D eigenvalue weighted by atomic mass is 16.6. The summed E-state index contributed by atoms with van der Waals surface area (Å²) in [6.07, 6.45) is 6.90. The molecule has 0 aromatic heterocycles. The number of hydrogen-bond donors (Lipinski definition) is 0. The van der Waals surface area contributed by atoms with Crippen molar-refractivity contribution in [3.63, 3.8) is 0 Å². The summed E-state index contributed by atoms with van der Waals surface area (Å²) in [5.74, 6) is 0.0542. The van der Waals surface area contributed by atoms with Gasteiger partial charge in [-0.05, 0) is 38.2 Å². The second-order valence-corrected chi connectivity index (χ2v) is 7.78. The van der Waals surface area contributed by atoms with E-state index >= 15 is 0 Å². The van der Waals surface area contributed by atoms with E-state index in [4.69, 9.17) is 4.74 Å². The maximum atomic E-state index is 13.2. The lowest BCUT2D eigenvalue weighted by atomic mass is 9.91. The Balaban J connectivity index is 1.64. The van der Waals surface area contributed by atoms with Gasteiger partial charge in [0.25, 0.3) is 0 Å². The molecule has 1 unspecified atom stereocenters. The summed E-state index contributed by atoms with van der Waals surface area (Å²) >= 11 is 0. The Hall–Kier alpha value is -2.04. The molecule has 1 saturated heterocycles. The van der Waals surface area contributed by atoms with Crippen LogP contribution in [0.1, 0.15) is 57.4 Å². The fourth-order valence-corrected chi connectivity index (χ4v) is 4.29. The zero-order chi connectivity index (χ0) is 18.6. The highest BCUT2D eigenvalue weighted by molar-refractivity contribution is 5.90. The molecule has 1 atom stereocenters. The van der Waals surface area contributed by atoms with Crippen LogP contribution < -0.4 is 0 Å². The smallest absolute Gasteiger partial charge is 0.410 e. The molecule has 5 heteroatoms. The van der Waals surface area contributed by atoms with Gasteiger partial charge in [-0.3, -0.25) is 9.69 Å². The first-order chi connectivity index (χ1) is 12.5. The van der Waals surface area contributed by atoms with Crippen LogP contribution in [0.15, 0.2) is 30.3 Å². The molecule has 2 fully saturated rings. The van der Waals surface area contributed by atoms with Gasteiger partial charge in [-0.2, -0.15) is 0 Å². The molecular formula is C21H30N2O3. The Morgan fingerprint density at radius 3 is 2.54 bits per heavy atom. The van der Waals surface area contributed by atoms with E-state index in [1.54, 1.807) is 4.90 Å². The van der Waals surface area contributed by atoms with Gasteiger partial charge in [0.05, 0.1) is 0 Å². The minimum atomic E-state index is -0.792. The molecule has 3 rings (SSSR count). The van der Waals surface area contributed by atoms with Gasteiger partial charge in [-0.1, -0.05) is 49.6 Å². The van der Waals surface area contributed by atoms with E-state index in [9.17, 15) is 9.59 Å². The molecule has 142 valence electrons. The van der Waals surface area contributed by atoms with Crippen LogP contribution in [-0.2, 0) is 16.1 Å². The summed E-state index contributed by atoms with van der Waals surface area (Å²) in [6, 6.07) is 9.94. The quantitative estimate of drug-likeness (QED) is 0.818. The predicted molar refractivity (Wildman–Crippen MR) is 101 cm³/mol. The number of amides is 2. The topological polar surface area (TPSA) is 49.9 Å². The number of carbonyl (C=O) groups is 2. The third kappa shape index (κ3) is 3.87. The summed E-state index contributed by atoms with van der Waals surface area (Å²) in [7, 11) is 1.90. The number of benzene rings is 1. The van der Waals surface area contributed by atoms with Crippen molar-refractivity contribution in [1.82, 2.24) is 9.80 Å². The second kappa shape index (κ2) is 8.11. The van der Waals surface area contributed by atoms with Crippen LogP contribution in [0.5, 0.6) is 0 Å². The molecule has 26 heavy (non-hydrogen) atoms. The van der Waals surface area contributed by atoms with E-state index in [1.165, 1.54) is 19.3 Å². The molecule has 1 aromatic rings. The molecule has 1 heterocycles. The Morgan fingerprint density at radius 1 is 1.15 bits per heavy atom. The van der Waals surface area contributed by atoms with Crippen LogP contribution in [-0.4, -0.2) is 47.0 Å². The van der Waals surface area contributed by atoms with Gasteiger partial charge in [0.1, 0.15) is 12.1 Å². The van der Waals surface area contributed by atoms with E-state index in [-0.39, 0.29) is 18.6 Å². The Labute approximate surface area is 156 Å². The minimum Gasteiger partial charge on any atom is -0.445 e. The lowest BCUT2D eigenvalue weighted by Gasteiger charge is -2.40. The SMILES string of the molecule is CN(C(=O)C1(C)CCCN1C(=O)OCc1ccccc1)C1CCCCC1.